The number of benzene rings is 2. The Morgan fingerprint density at radius 3 is 2.68 bits per heavy atom. The average molecular weight is 356 g/mol. The van der Waals surface area contributed by atoms with E-state index < -0.39 is 5.97 Å². The molecule has 1 atom stereocenters. The predicted octanol–water partition coefficient (Wildman–Crippen LogP) is 4.42. The third-order valence-corrected chi connectivity index (χ3v) is 5.77. The Labute approximate surface area is 151 Å². The summed E-state index contributed by atoms with van der Waals surface area (Å²) in [5, 5.41) is 10.1. The molecule has 1 amide bonds. The van der Waals surface area contributed by atoms with Gasteiger partial charge < -0.3 is 10.0 Å². The summed E-state index contributed by atoms with van der Waals surface area (Å²) < 4.78 is 0. The van der Waals surface area contributed by atoms with Crippen LogP contribution in [0.15, 0.2) is 36.4 Å². The van der Waals surface area contributed by atoms with Crippen LogP contribution < -0.4 is 0 Å². The number of carboxylic acids is 1. The lowest BCUT2D eigenvalue weighted by Gasteiger charge is -2.29. The van der Waals surface area contributed by atoms with Crippen LogP contribution in [-0.4, -0.2) is 21.9 Å². The van der Waals surface area contributed by atoms with Crippen LogP contribution in [0.5, 0.6) is 0 Å². The molecule has 4 rings (SSSR count). The van der Waals surface area contributed by atoms with Crippen LogP contribution in [0.4, 0.5) is 0 Å². The molecule has 128 valence electrons. The molecule has 0 aliphatic carbocycles. The van der Waals surface area contributed by atoms with Crippen molar-refractivity contribution in [3.05, 3.63) is 69.2 Å². The second-order valence-electron chi connectivity index (χ2n) is 7.38. The van der Waals surface area contributed by atoms with Gasteiger partial charge in [0, 0.05) is 11.6 Å². The van der Waals surface area contributed by atoms with E-state index in [2.05, 4.69) is 19.9 Å². The standard InChI is InChI=1S/C20H18ClNO3/c1-20(2)9-16-11-5-3-6-12(19(24)25)17(11)18(23)22(16)10-13-14(20)7-4-8-15(13)21/h3-8,16H,9-10H2,1-2H3,(H,24,25). The van der Waals surface area contributed by atoms with E-state index in [-0.39, 0.29) is 22.9 Å². The zero-order valence-electron chi connectivity index (χ0n) is 14.0. The van der Waals surface area contributed by atoms with Gasteiger partial charge >= 0.3 is 5.97 Å². The van der Waals surface area contributed by atoms with Crippen molar-refractivity contribution in [1.29, 1.82) is 0 Å². The molecule has 0 aromatic heterocycles. The molecule has 2 aromatic rings. The van der Waals surface area contributed by atoms with Gasteiger partial charge in [-0.25, -0.2) is 4.79 Å². The van der Waals surface area contributed by atoms with E-state index in [4.69, 9.17) is 11.6 Å². The summed E-state index contributed by atoms with van der Waals surface area (Å²) >= 11 is 6.44. The maximum Gasteiger partial charge on any atom is 0.336 e. The summed E-state index contributed by atoms with van der Waals surface area (Å²) in [6.07, 6.45) is 0.724. The molecular weight excluding hydrogens is 338 g/mol. The number of hydrogen-bond acceptors (Lipinski definition) is 2. The third kappa shape index (κ3) is 2.28. The van der Waals surface area contributed by atoms with Crippen LogP contribution in [0.25, 0.3) is 0 Å². The van der Waals surface area contributed by atoms with Gasteiger partial charge in [-0.3, -0.25) is 4.79 Å². The van der Waals surface area contributed by atoms with Crippen molar-refractivity contribution in [1.82, 2.24) is 4.90 Å². The van der Waals surface area contributed by atoms with Gasteiger partial charge in [0.1, 0.15) is 0 Å². The highest BCUT2D eigenvalue weighted by Crippen LogP contribution is 2.48. The van der Waals surface area contributed by atoms with Crippen LogP contribution in [-0.2, 0) is 12.0 Å². The van der Waals surface area contributed by atoms with E-state index in [1.807, 2.05) is 18.2 Å². The monoisotopic (exact) mass is 355 g/mol. The largest absolute Gasteiger partial charge is 0.478 e. The number of nitrogens with zero attached hydrogens (tertiary/aromatic N) is 1. The summed E-state index contributed by atoms with van der Waals surface area (Å²) in [6.45, 7) is 4.69. The number of carboxylic acid groups (broad SMARTS) is 1. The second-order valence-corrected chi connectivity index (χ2v) is 7.78. The number of rotatable bonds is 1. The lowest BCUT2D eigenvalue weighted by atomic mass is 9.77. The van der Waals surface area contributed by atoms with E-state index in [1.165, 1.54) is 6.07 Å². The molecule has 4 nitrogen and oxygen atoms in total. The number of hydrogen-bond donors (Lipinski definition) is 1. The van der Waals surface area contributed by atoms with E-state index in [1.54, 1.807) is 11.0 Å². The molecule has 5 heteroatoms. The molecule has 2 heterocycles. The van der Waals surface area contributed by atoms with Crippen molar-refractivity contribution in [3.8, 4) is 0 Å². The highest BCUT2D eigenvalue weighted by Gasteiger charge is 2.45. The number of carbonyl (C=O) groups excluding carboxylic acids is 1. The number of carbonyl (C=O) groups is 2. The average Bonchev–Trinajstić information content (AvgIpc) is 2.73. The number of fused-ring (bicyclic) bond motifs is 4. The maximum atomic E-state index is 13.1. The molecule has 1 N–H and O–H groups in total. The maximum absolute atomic E-state index is 13.1. The van der Waals surface area contributed by atoms with E-state index in [0.29, 0.717) is 17.1 Å². The van der Waals surface area contributed by atoms with Gasteiger partial charge in [-0.2, -0.15) is 0 Å². The Morgan fingerprint density at radius 1 is 1.24 bits per heavy atom. The minimum atomic E-state index is -1.07. The minimum absolute atomic E-state index is 0.0766. The van der Waals surface area contributed by atoms with Crippen LogP contribution in [0, 0.1) is 0 Å². The number of aromatic carboxylic acids is 1. The molecule has 0 bridgehead atoms. The quantitative estimate of drug-likeness (QED) is 0.824. The Balaban J connectivity index is 1.91. The fourth-order valence-corrected chi connectivity index (χ4v) is 4.47. The fraction of sp³-hybridized carbons (Fsp3) is 0.300. The molecule has 0 radical (unpaired) electrons. The molecule has 1 unspecified atom stereocenters. The van der Waals surface area contributed by atoms with Crippen molar-refractivity contribution < 1.29 is 14.7 Å². The number of amides is 1. The van der Waals surface area contributed by atoms with Crippen LogP contribution in [0.2, 0.25) is 5.02 Å². The van der Waals surface area contributed by atoms with Gasteiger partial charge in [0.05, 0.1) is 17.2 Å². The smallest absolute Gasteiger partial charge is 0.336 e. The molecule has 2 aromatic carbocycles. The zero-order chi connectivity index (χ0) is 17.9. The topological polar surface area (TPSA) is 57.6 Å². The zero-order valence-corrected chi connectivity index (χ0v) is 14.8. The normalized spacial score (nSPS) is 20.5. The van der Waals surface area contributed by atoms with Crippen molar-refractivity contribution in [2.45, 2.75) is 38.3 Å². The lowest BCUT2D eigenvalue weighted by molar-refractivity contribution is 0.0662. The number of halogens is 1. The highest BCUT2D eigenvalue weighted by molar-refractivity contribution is 6.31. The third-order valence-electron chi connectivity index (χ3n) is 5.42. The Kier molecular flexibility index (Phi) is 3.45. The first-order valence-corrected chi connectivity index (χ1v) is 8.64. The van der Waals surface area contributed by atoms with Crippen molar-refractivity contribution in [2.75, 3.05) is 0 Å². The lowest BCUT2D eigenvalue weighted by Crippen LogP contribution is -2.28. The first-order valence-electron chi connectivity index (χ1n) is 8.26. The van der Waals surface area contributed by atoms with Crippen LogP contribution in [0.3, 0.4) is 0 Å². The summed E-state index contributed by atoms with van der Waals surface area (Å²) in [7, 11) is 0. The summed E-state index contributed by atoms with van der Waals surface area (Å²) in [5.41, 5.74) is 3.13. The Morgan fingerprint density at radius 2 is 1.96 bits per heavy atom. The SMILES string of the molecule is CC1(C)CC2c3cccc(C(=O)O)c3C(=O)N2Cc2c(Cl)cccc21. The predicted molar refractivity (Wildman–Crippen MR) is 95.1 cm³/mol. The van der Waals surface area contributed by atoms with Gasteiger partial charge in [0.2, 0.25) is 0 Å². The van der Waals surface area contributed by atoms with Crippen LogP contribution >= 0.6 is 11.6 Å². The van der Waals surface area contributed by atoms with Gasteiger partial charge in [-0.05, 0) is 40.7 Å². The first-order chi connectivity index (χ1) is 11.8. The summed E-state index contributed by atoms with van der Waals surface area (Å²) in [4.78, 5) is 26.4. The van der Waals surface area contributed by atoms with E-state index >= 15 is 0 Å². The first kappa shape index (κ1) is 16.2. The summed E-state index contributed by atoms with van der Waals surface area (Å²) in [5.74, 6) is -1.29. The molecule has 2 aliphatic heterocycles. The van der Waals surface area contributed by atoms with Crippen molar-refractivity contribution in [3.63, 3.8) is 0 Å². The van der Waals surface area contributed by atoms with Gasteiger partial charge in [-0.15, -0.1) is 0 Å². The van der Waals surface area contributed by atoms with Gasteiger partial charge in [-0.1, -0.05) is 49.7 Å². The molecule has 25 heavy (non-hydrogen) atoms. The minimum Gasteiger partial charge on any atom is -0.478 e. The van der Waals surface area contributed by atoms with E-state index in [9.17, 15) is 14.7 Å². The van der Waals surface area contributed by atoms with Crippen molar-refractivity contribution in [2.24, 2.45) is 0 Å². The Bertz CT molecular complexity index is 919. The highest BCUT2D eigenvalue weighted by atomic mass is 35.5. The van der Waals surface area contributed by atoms with Gasteiger partial charge in [0.15, 0.2) is 0 Å². The molecule has 0 spiro atoms. The fourth-order valence-electron chi connectivity index (χ4n) is 4.24. The molecular formula is C20H18ClNO3. The molecule has 0 saturated heterocycles. The van der Waals surface area contributed by atoms with E-state index in [0.717, 1.165) is 23.1 Å². The summed E-state index contributed by atoms with van der Waals surface area (Å²) in [6, 6.07) is 10.8. The molecule has 0 fully saturated rings. The second kappa shape index (κ2) is 5.33. The van der Waals surface area contributed by atoms with Crippen LogP contribution in [0.1, 0.15) is 63.7 Å². The Hall–Kier alpha value is -2.33. The van der Waals surface area contributed by atoms with Gasteiger partial charge in [0.25, 0.3) is 5.91 Å². The molecule has 2 aliphatic rings. The molecule has 0 saturated carbocycles. The van der Waals surface area contributed by atoms with Crippen molar-refractivity contribution >= 4 is 23.5 Å².